The normalized spacial score (nSPS) is 17.2. The molecule has 0 spiro atoms. The highest BCUT2D eigenvalue weighted by Gasteiger charge is 2.57. The SMILES string of the molecule is COCOc1ccc([C@H]2COc3cc(OCOC)ccc3[C@H]2CCCCCCCCCSCCCC(F)(F)C(F)(F)F)cc1.Oc1ccc([C@H]2COc3cc(O)ccc3[C@H]2CCCCCCCCCSCCCC(F)(F)C(F)(F)F)cc1. The Labute approximate surface area is 486 Å². The fraction of sp³-hybridized carbons (Fsp3) is 0.613. The molecular weight excluding hydrogens is 1130 g/mol. The molecule has 4 atom stereocenters. The van der Waals surface area contributed by atoms with Crippen LogP contribution in [-0.4, -0.2) is 98.4 Å². The minimum Gasteiger partial charge on any atom is -0.508 e. The highest BCUT2D eigenvalue weighted by Crippen LogP contribution is 2.48. The molecule has 2 heterocycles. The molecule has 0 amide bonds. The van der Waals surface area contributed by atoms with Crippen molar-refractivity contribution in [2.45, 2.75) is 176 Å². The number of thioether (sulfide) groups is 2. The third-order valence-corrected chi connectivity index (χ3v) is 17.2. The van der Waals surface area contributed by atoms with Gasteiger partial charge in [-0.3, -0.25) is 0 Å². The number of rotatable bonds is 36. The summed E-state index contributed by atoms with van der Waals surface area (Å²) in [6.45, 7) is 1.47. The summed E-state index contributed by atoms with van der Waals surface area (Å²) in [6, 6.07) is 26.7. The van der Waals surface area contributed by atoms with Gasteiger partial charge in [0.25, 0.3) is 0 Å². The van der Waals surface area contributed by atoms with Gasteiger partial charge in [0.15, 0.2) is 13.6 Å². The van der Waals surface area contributed by atoms with E-state index in [1.807, 2.05) is 42.5 Å². The molecule has 0 saturated heterocycles. The highest BCUT2D eigenvalue weighted by atomic mass is 32.2. The molecule has 0 fully saturated rings. The zero-order valence-electron chi connectivity index (χ0n) is 47.1. The lowest BCUT2D eigenvalue weighted by molar-refractivity contribution is -0.284. The Morgan fingerprint density at radius 2 is 0.805 bits per heavy atom. The van der Waals surface area contributed by atoms with E-state index in [4.69, 9.17) is 28.4 Å². The second-order valence-electron chi connectivity index (χ2n) is 21.1. The Kier molecular flexibility index (Phi) is 29.3. The highest BCUT2D eigenvalue weighted by molar-refractivity contribution is 7.99. The van der Waals surface area contributed by atoms with E-state index in [1.165, 1.54) is 34.7 Å². The van der Waals surface area contributed by atoms with Gasteiger partial charge in [0, 0.05) is 51.0 Å². The molecule has 4 aromatic rings. The fourth-order valence-corrected chi connectivity index (χ4v) is 12.3. The van der Waals surface area contributed by atoms with Gasteiger partial charge in [0.1, 0.15) is 34.5 Å². The minimum absolute atomic E-state index is 0.132. The van der Waals surface area contributed by atoms with E-state index in [2.05, 4.69) is 18.2 Å². The molecule has 2 aliphatic rings. The van der Waals surface area contributed by atoms with Crippen LogP contribution in [0.1, 0.15) is 174 Å². The molecule has 0 bridgehead atoms. The van der Waals surface area contributed by atoms with E-state index in [0.717, 1.165) is 143 Å². The second-order valence-corrected chi connectivity index (χ2v) is 23.5. The van der Waals surface area contributed by atoms with Gasteiger partial charge >= 0.3 is 24.2 Å². The van der Waals surface area contributed by atoms with Crippen LogP contribution in [0.4, 0.5) is 43.9 Å². The van der Waals surface area contributed by atoms with Crippen LogP contribution < -0.4 is 18.9 Å². The molecule has 0 radical (unpaired) electrons. The largest absolute Gasteiger partial charge is 0.508 e. The molecule has 460 valence electrons. The lowest BCUT2D eigenvalue weighted by atomic mass is 9.77. The number of phenolic OH excluding ortho intramolecular Hbond substituents is 2. The molecule has 4 aromatic carbocycles. The Balaban J connectivity index is 0.000000304. The standard InChI is InChI=1S/C33H45F5O5S.C29H37F5O3S/c1-39-23-42-26-14-12-25(13-15-26)30-22-41-31-21-27(43-24-40-2)16-17-29(31)28(30)11-8-6-4-3-5-7-9-19-44-20-10-18-32(34,35)33(36,37)38;30-28(31,29(32,33)34)16-8-18-38-17-7-5-3-1-2-4-6-9-24-25-15-14-23(36)19-27(25)37-20-26(24)21-10-12-22(35)13-11-21/h12-17,21,28,30H,3-11,18-20,22-24H2,1-2H3;10-15,19,24,26,35-36H,1-9,16-18,20H2/t28-,30-;24-,26-/m11/s1. The number of aromatic hydroxyl groups is 2. The summed E-state index contributed by atoms with van der Waals surface area (Å²) in [7, 11) is 3.18. The zero-order valence-corrected chi connectivity index (χ0v) is 48.8. The Morgan fingerprint density at radius 3 is 1.26 bits per heavy atom. The first kappa shape index (κ1) is 68.4. The van der Waals surface area contributed by atoms with Gasteiger partial charge in [-0.25, -0.2) is 0 Å². The van der Waals surface area contributed by atoms with E-state index in [9.17, 15) is 54.1 Å². The van der Waals surface area contributed by atoms with Crippen LogP contribution in [0.5, 0.6) is 34.5 Å². The van der Waals surface area contributed by atoms with E-state index >= 15 is 0 Å². The van der Waals surface area contributed by atoms with Crippen molar-refractivity contribution in [2.75, 3.05) is 64.0 Å². The number of alkyl halides is 10. The topological polar surface area (TPSA) is 95.8 Å². The molecule has 6 rings (SSSR count). The van der Waals surface area contributed by atoms with Crippen molar-refractivity contribution in [1.29, 1.82) is 0 Å². The first-order valence-corrected chi connectivity index (χ1v) is 30.9. The van der Waals surface area contributed by atoms with Crippen LogP contribution in [0.2, 0.25) is 0 Å². The molecule has 0 saturated carbocycles. The van der Waals surface area contributed by atoms with E-state index < -0.39 is 37.0 Å². The van der Waals surface area contributed by atoms with Crippen molar-refractivity contribution in [3.05, 3.63) is 107 Å². The van der Waals surface area contributed by atoms with Crippen LogP contribution in [0.25, 0.3) is 0 Å². The van der Waals surface area contributed by atoms with Crippen molar-refractivity contribution in [1.82, 2.24) is 0 Å². The van der Waals surface area contributed by atoms with Gasteiger partial charge in [-0.1, -0.05) is 113 Å². The van der Waals surface area contributed by atoms with Crippen molar-refractivity contribution in [3.63, 3.8) is 0 Å². The molecule has 0 aromatic heterocycles. The Hall–Kier alpha value is -4.40. The van der Waals surface area contributed by atoms with Gasteiger partial charge < -0.3 is 38.6 Å². The predicted octanol–water partition coefficient (Wildman–Crippen LogP) is 18.9. The van der Waals surface area contributed by atoms with Gasteiger partial charge in [0.2, 0.25) is 0 Å². The summed E-state index contributed by atoms with van der Waals surface area (Å²) < 4.78 is 158. The summed E-state index contributed by atoms with van der Waals surface area (Å²) in [4.78, 5) is 0. The maximum atomic E-state index is 12.9. The van der Waals surface area contributed by atoms with Crippen molar-refractivity contribution < 1.29 is 82.5 Å². The molecule has 0 aliphatic carbocycles. The number of halogens is 10. The number of hydrogen-bond donors (Lipinski definition) is 2. The maximum absolute atomic E-state index is 12.9. The number of methoxy groups -OCH3 is 2. The first-order valence-electron chi connectivity index (χ1n) is 28.6. The molecule has 0 unspecified atom stereocenters. The van der Waals surface area contributed by atoms with Crippen LogP contribution in [0.15, 0.2) is 84.9 Å². The number of fused-ring (bicyclic) bond motifs is 2. The van der Waals surface area contributed by atoms with Crippen LogP contribution in [0.3, 0.4) is 0 Å². The summed E-state index contributed by atoms with van der Waals surface area (Å²) in [5, 5.41) is 19.5. The first-order chi connectivity index (χ1) is 39.2. The number of benzene rings is 4. The summed E-state index contributed by atoms with van der Waals surface area (Å²) >= 11 is 2.90. The summed E-state index contributed by atoms with van der Waals surface area (Å²) in [5.74, 6) is -2.52. The predicted molar refractivity (Wildman–Crippen MR) is 305 cm³/mol. The summed E-state index contributed by atoms with van der Waals surface area (Å²) in [6.07, 6.45) is 3.62. The number of phenols is 2. The van der Waals surface area contributed by atoms with Gasteiger partial charge in [0.05, 0.1) is 13.2 Å². The Bertz CT molecular complexity index is 2390. The van der Waals surface area contributed by atoms with E-state index in [0.29, 0.717) is 36.4 Å². The molecular formula is C62H82F10O8S2. The quantitative estimate of drug-likeness (QED) is 0.0260. The van der Waals surface area contributed by atoms with Crippen LogP contribution >= 0.6 is 23.5 Å². The molecule has 2 aliphatic heterocycles. The van der Waals surface area contributed by atoms with Crippen molar-refractivity contribution >= 4 is 23.5 Å². The average molecular weight is 1210 g/mol. The fourth-order valence-electron chi connectivity index (χ4n) is 10.4. The Morgan fingerprint density at radius 1 is 0.439 bits per heavy atom. The van der Waals surface area contributed by atoms with E-state index in [-0.39, 0.29) is 55.7 Å². The third kappa shape index (κ3) is 22.9. The molecule has 2 N–H and O–H groups in total. The smallest absolute Gasteiger partial charge is 0.453 e. The number of ether oxygens (including phenoxy) is 6. The zero-order chi connectivity index (χ0) is 59.4. The summed E-state index contributed by atoms with van der Waals surface area (Å²) in [5.41, 5.74) is 4.62. The average Bonchev–Trinajstić information content (AvgIpc) is 3.05. The minimum atomic E-state index is -5.45. The van der Waals surface area contributed by atoms with Crippen LogP contribution in [-0.2, 0) is 9.47 Å². The molecule has 82 heavy (non-hydrogen) atoms. The lowest BCUT2D eigenvalue weighted by Crippen LogP contribution is -2.36. The van der Waals surface area contributed by atoms with Crippen molar-refractivity contribution in [3.8, 4) is 34.5 Å². The van der Waals surface area contributed by atoms with Gasteiger partial charge in [-0.05, 0) is 132 Å². The second kappa shape index (κ2) is 35.2. The third-order valence-electron chi connectivity index (χ3n) is 14.9. The van der Waals surface area contributed by atoms with Gasteiger partial charge in [-0.2, -0.15) is 67.4 Å². The lowest BCUT2D eigenvalue weighted by Gasteiger charge is -2.34. The monoisotopic (exact) mass is 1210 g/mol. The molecule has 20 heteroatoms. The van der Waals surface area contributed by atoms with Gasteiger partial charge in [-0.15, -0.1) is 0 Å². The van der Waals surface area contributed by atoms with Crippen molar-refractivity contribution in [2.24, 2.45) is 0 Å². The van der Waals surface area contributed by atoms with E-state index in [1.54, 1.807) is 38.5 Å². The number of unbranched alkanes of at least 4 members (excludes halogenated alkanes) is 12. The number of hydrogen-bond acceptors (Lipinski definition) is 10. The molecule has 8 nitrogen and oxygen atoms in total. The van der Waals surface area contributed by atoms with Crippen LogP contribution in [0, 0.1) is 0 Å². The maximum Gasteiger partial charge on any atom is 0.453 e.